The summed E-state index contributed by atoms with van der Waals surface area (Å²) in [5, 5.41) is 0. The Morgan fingerprint density at radius 2 is 1.83 bits per heavy atom. The number of aromatic nitrogens is 1. The van der Waals surface area contributed by atoms with Crippen LogP contribution in [0.25, 0.3) is 0 Å². The Labute approximate surface area is 117 Å². The molecule has 0 atom stereocenters. The molecule has 0 spiro atoms. The molecule has 1 aliphatic heterocycles. The maximum Gasteiger partial charge on any atom is 0.147 e. The van der Waals surface area contributed by atoms with Crippen molar-refractivity contribution < 1.29 is 0 Å². The van der Waals surface area contributed by atoms with Crippen LogP contribution in [0.2, 0.25) is 0 Å². The largest absolute Gasteiger partial charge is 0.382 e. The van der Waals surface area contributed by atoms with E-state index in [0.717, 1.165) is 36.3 Å². The molecule has 1 aromatic heterocycles. The van der Waals surface area contributed by atoms with E-state index in [9.17, 15) is 0 Å². The average Bonchev–Trinajstić information content (AvgIpc) is 2.31. The number of nitrogens with two attached hydrogens (primary N) is 1. The summed E-state index contributed by atoms with van der Waals surface area (Å²) in [6, 6.07) is 2.05. The van der Waals surface area contributed by atoms with Crippen molar-refractivity contribution in [1.29, 1.82) is 0 Å². The Hall–Kier alpha value is -0.810. The number of anilines is 2. The molecule has 5 heteroatoms. The van der Waals surface area contributed by atoms with E-state index in [1.807, 2.05) is 0 Å². The molecule has 1 saturated heterocycles. The lowest BCUT2D eigenvalue weighted by Crippen LogP contribution is -2.53. The van der Waals surface area contributed by atoms with Crippen LogP contribution in [0.15, 0.2) is 16.7 Å². The normalized spacial score (nSPS) is 18.1. The lowest BCUT2D eigenvalue weighted by Gasteiger charge is -2.43. The zero-order valence-corrected chi connectivity index (χ0v) is 12.9. The summed E-state index contributed by atoms with van der Waals surface area (Å²) in [5.41, 5.74) is 7.24. The van der Waals surface area contributed by atoms with Crippen LogP contribution in [-0.2, 0) is 0 Å². The van der Waals surface area contributed by atoms with Crippen LogP contribution in [0, 0.1) is 0 Å². The number of nitrogens with zero attached hydrogens (tertiary/aromatic N) is 3. The van der Waals surface area contributed by atoms with Crippen LogP contribution in [0.3, 0.4) is 0 Å². The van der Waals surface area contributed by atoms with E-state index in [1.165, 1.54) is 0 Å². The second-order valence-corrected chi connectivity index (χ2v) is 6.62. The first-order chi connectivity index (χ1) is 8.38. The van der Waals surface area contributed by atoms with Crippen molar-refractivity contribution in [2.24, 2.45) is 0 Å². The number of pyridine rings is 1. The van der Waals surface area contributed by atoms with Gasteiger partial charge in [-0.3, -0.25) is 4.90 Å². The molecule has 4 nitrogen and oxygen atoms in total. The van der Waals surface area contributed by atoms with E-state index in [1.54, 1.807) is 6.20 Å². The molecule has 18 heavy (non-hydrogen) atoms. The van der Waals surface area contributed by atoms with Crippen molar-refractivity contribution >= 4 is 27.4 Å². The molecule has 2 heterocycles. The van der Waals surface area contributed by atoms with Crippen LogP contribution in [-0.4, -0.2) is 41.6 Å². The molecule has 0 aliphatic carbocycles. The number of nitrogen functional groups attached to an aromatic ring is 1. The molecule has 0 amide bonds. The molecule has 1 aliphatic rings. The summed E-state index contributed by atoms with van der Waals surface area (Å²) in [7, 11) is 0. The van der Waals surface area contributed by atoms with Crippen molar-refractivity contribution in [2.45, 2.75) is 26.3 Å². The Morgan fingerprint density at radius 3 is 2.39 bits per heavy atom. The molecule has 1 fully saturated rings. The Morgan fingerprint density at radius 1 is 1.22 bits per heavy atom. The predicted octanol–water partition coefficient (Wildman–Crippen LogP) is 2.35. The van der Waals surface area contributed by atoms with E-state index in [4.69, 9.17) is 5.73 Å². The van der Waals surface area contributed by atoms with E-state index < -0.39 is 0 Å². The van der Waals surface area contributed by atoms with Gasteiger partial charge in [0.15, 0.2) is 0 Å². The molecule has 0 saturated carbocycles. The predicted molar refractivity (Wildman–Crippen MR) is 79.9 cm³/mol. The highest BCUT2D eigenvalue weighted by Crippen LogP contribution is 2.27. The fraction of sp³-hybridized carbons (Fsp3) is 0.615. The lowest BCUT2D eigenvalue weighted by molar-refractivity contribution is 0.128. The van der Waals surface area contributed by atoms with Gasteiger partial charge in [0.2, 0.25) is 0 Å². The van der Waals surface area contributed by atoms with Crippen LogP contribution < -0.4 is 10.6 Å². The summed E-state index contributed by atoms with van der Waals surface area (Å²) >= 11 is 3.45. The van der Waals surface area contributed by atoms with Crippen LogP contribution in [0.5, 0.6) is 0 Å². The molecule has 0 bridgehead atoms. The fourth-order valence-corrected chi connectivity index (χ4v) is 2.63. The van der Waals surface area contributed by atoms with Crippen molar-refractivity contribution in [3.05, 3.63) is 16.7 Å². The molecule has 0 radical (unpaired) electrons. The second kappa shape index (κ2) is 5.05. The summed E-state index contributed by atoms with van der Waals surface area (Å²) in [5.74, 6) is 0.613. The third-order valence-electron chi connectivity index (χ3n) is 3.43. The van der Waals surface area contributed by atoms with Crippen molar-refractivity contribution in [2.75, 3.05) is 36.8 Å². The summed E-state index contributed by atoms with van der Waals surface area (Å²) < 4.78 is 0.977. The van der Waals surface area contributed by atoms with Crippen molar-refractivity contribution in [3.8, 4) is 0 Å². The monoisotopic (exact) mass is 312 g/mol. The standard InChI is InChI=1S/C13H21BrN4/c1-13(2,3)18-6-4-17(5-7-18)11-8-10(14)9-16-12(11)15/h8-9H,4-7H2,1-3H3,(H2,15,16). The number of hydrogen-bond donors (Lipinski definition) is 1. The van der Waals surface area contributed by atoms with E-state index >= 15 is 0 Å². The molecule has 2 rings (SSSR count). The third kappa shape index (κ3) is 2.95. The van der Waals surface area contributed by atoms with Crippen LogP contribution >= 0.6 is 15.9 Å². The van der Waals surface area contributed by atoms with Gasteiger partial charge in [0.25, 0.3) is 0 Å². The molecule has 0 unspecified atom stereocenters. The zero-order chi connectivity index (χ0) is 13.3. The van der Waals surface area contributed by atoms with Gasteiger partial charge in [-0.1, -0.05) is 0 Å². The summed E-state index contributed by atoms with van der Waals surface area (Å²) in [6.07, 6.45) is 1.74. The van der Waals surface area contributed by atoms with Gasteiger partial charge in [0.05, 0.1) is 5.69 Å². The molecule has 100 valence electrons. The highest BCUT2D eigenvalue weighted by atomic mass is 79.9. The van der Waals surface area contributed by atoms with Gasteiger partial charge in [-0.2, -0.15) is 0 Å². The SMILES string of the molecule is CC(C)(C)N1CCN(c2cc(Br)cnc2N)CC1. The van der Waals surface area contributed by atoms with Gasteiger partial charge in [-0.15, -0.1) is 0 Å². The first-order valence-corrected chi connectivity index (χ1v) is 7.08. The number of rotatable bonds is 1. The van der Waals surface area contributed by atoms with Gasteiger partial charge < -0.3 is 10.6 Å². The zero-order valence-electron chi connectivity index (χ0n) is 11.3. The summed E-state index contributed by atoms with van der Waals surface area (Å²) in [6.45, 7) is 10.9. The van der Waals surface area contributed by atoms with E-state index in [2.05, 4.69) is 57.6 Å². The highest BCUT2D eigenvalue weighted by molar-refractivity contribution is 9.10. The quantitative estimate of drug-likeness (QED) is 0.864. The van der Waals surface area contributed by atoms with E-state index in [-0.39, 0.29) is 5.54 Å². The molecule has 1 aromatic rings. The van der Waals surface area contributed by atoms with Crippen LogP contribution in [0.1, 0.15) is 20.8 Å². The first-order valence-electron chi connectivity index (χ1n) is 6.29. The average molecular weight is 313 g/mol. The molecular formula is C13H21BrN4. The van der Waals surface area contributed by atoms with Gasteiger partial charge in [0, 0.05) is 42.4 Å². The highest BCUT2D eigenvalue weighted by Gasteiger charge is 2.26. The number of hydrogen-bond acceptors (Lipinski definition) is 4. The summed E-state index contributed by atoms with van der Waals surface area (Å²) in [4.78, 5) is 9.02. The van der Waals surface area contributed by atoms with Gasteiger partial charge in [-0.25, -0.2) is 4.98 Å². The molecular weight excluding hydrogens is 292 g/mol. The van der Waals surface area contributed by atoms with Crippen molar-refractivity contribution in [3.63, 3.8) is 0 Å². The lowest BCUT2D eigenvalue weighted by atomic mass is 10.0. The van der Waals surface area contributed by atoms with E-state index in [0.29, 0.717) is 5.82 Å². The van der Waals surface area contributed by atoms with Gasteiger partial charge in [0.1, 0.15) is 5.82 Å². The van der Waals surface area contributed by atoms with Gasteiger partial charge in [-0.05, 0) is 42.8 Å². The Balaban J connectivity index is 2.08. The van der Waals surface area contributed by atoms with Crippen LogP contribution in [0.4, 0.5) is 11.5 Å². The Kier molecular flexibility index (Phi) is 3.82. The van der Waals surface area contributed by atoms with Crippen molar-refractivity contribution in [1.82, 2.24) is 9.88 Å². The molecule has 2 N–H and O–H groups in total. The number of halogens is 1. The van der Waals surface area contributed by atoms with Gasteiger partial charge >= 0.3 is 0 Å². The maximum atomic E-state index is 5.95. The smallest absolute Gasteiger partial charge is 0.147 e. The maximum absolute atomic E-state index is 5.95. The first kappa shape index (κ1) is 13.6. The fourth-order valence-electron chi connectivity index (χ4n) is 2.31. The third-order valence-corrected chi connectivity index (χ3v) is 3.87. The molecule has 0 aromatic carbocycles. The Bertz CT molecular complexity index is 419. The minimum atomic E-state index is 0.243. The topological polar surface area (TPSA) is 45.4 Å². The minimum Gasteiger partial charge on any atom is -0.382 e. The number of piperazine rings is 1. The minimum absolute atomic E-state index is 0.243. The second-order valence-electron chi connectivity index (χ2n) is 5.70.